The van der Waals surface area contributed by atoms with E-state index in [1.165, 1.54) is 10.9 Å². The van der Waals surface area contributed by atoms with Crippen molar-refractivity contribution in [3.63, 3.8) is 0 Å². The molecule has 0 aliphatic carbocycles. The number of rotatable bonds is 5. The fourth-order valence-corrected chi connectivity index (χ4v) is 3.44. The number of amides is 1. The van der Waals surface area contributed by atoms with Crippen molar-refractivity contribution in [1.29, 1.82) is 0 Å². The predicted octanol–water partition coefficient (Wildman–Crippen LogP) is 3.60. The first kappa shape index (κ1) is 19.2. The van der Waals surface area contributed by atoms with Crippen LogP contribution in [0.15, 0.2) is 36.7 Å². The topological polar surface area (TPSA) is 65.4 Å². The van der Waals surface area contributed by atoms with E-state index in [-0.39, 0.29) is 24.4 Å². The van der Waals surface area contributed by atoms with Crippen molar-refractivity contribution in [3.05, 3.63) is 53.9 Å². The highest BCUT2D eigenvalue weighted by Gasteiger charge is 2.22. The second kappa shape index (κ2) is 7.69. The van der Waals surface area contributed by atoms with Gasteiger partial charge in [-0.05, 0) is 23.6 Å². The molecule has 0 saturated carbocycles. The number of aromatic nitrogens is 2. The summed E-state index contributed by atoms with van der Waals surface area (Å²) in [7, 11) is 0. The maximum atomic E-state index is 13.6. The Balaban J connectivity index is 1.53. The number of halogens is 2. The number of nitrogens with one attached hydrogen (secondary N) is 1. The zero-order chi connectivity index (χ0) is 20.5. The van der Waals surface area contributed by atoms with Crippen LogP contribution < -0.4 is 14.8 Å². The van der Waals surface area contributed by atoms with Crippen LogP contribution in [0, 0.1) is 17.6 Å². The number of fused-ring (bicyclic) bond motifs is 2. The molecule has 0 fully saturated rings. The molecular formula is C21H21F2N3O3. The van der Waals surface area contributed by atoms with Gasteiger partial charge in [0.15, 0.2) is 23.1 Å². The standard InChI is InChI=1S/C21H21F2N3O3/c1-12(2)21(13-3-4-18-19(7-13)29-6-5-28-18)25-20(27)10-26-11-24-16-8-14(22)15(23)9-17(16)26/h3-4,7-9,11-12,21H,5-6,10H2,1-2H3,(H,25,27). The fraction of sp³-hybridized carbons (Fsp3) is 0.333. The number of ether oxygens (including phenoxy) is 2. The molecule has 4 rings (SSSR count). The van der Waals surface area contributed by atoms with Crippen molar-refractivity contribution in [1.82, 2.24) is 14.9 Å². The predicted molar refractivity (Wildman–Crippen MR) is 103 cm³/mol. The maximum Gasteiger partial charge on any atom is 0.240 e. The molecule has 3 aromatic rings. The maximum absolute atomic E-state index is 13.6. The van der Waals surface area contributed by atoms with Crippen molar-refractivity contribution >= 4 is 16.9 Å². The molecule has 2 aromatic carbocycles. The minimum absolute atomic E-state index is 0.0602. The van der Waals surface area contributed by atoms with Gasteiger partial charge in [-0.25, -0.2) is 13.8 Å². The van der Waals surface area contributed by atoms with E-state index in [0.717, 1.165) is 17.7 Å². The zero-order valence-electron chi connectivity index (χ0n) is 16.1. The summed E-state index contributed by atoms with van der Waals surface area (Å²) in [5.74, 6) is -0.739. The molecule has 8 heteroatoms. The minimum Gasteiger partial charge on any atom is -0.486 e. The quantitative estimate of drug-likeness (QED) is 0.710. The summed E-state index contributed by atoms with van der Waals surface area (Å²) >= 11 is 0. The van der Waals surface area contributed by atoms with Crippen molar-refractivity contribution in [2.75, 3.05) is 13.2 Å². The number of nitrogens with zero attached hydrogens (tertiary/aromatic N) is 2. The van der Waals surface area contributed by atoms with E-state index in [1.807, 2.05) is 32.0 Å². The lowest BCUT2D eigenvalue weighted by molar-refractivity contribution is -0.122. The monoisotopic (exact) mass is 401 g/mol. The van der Waals surface area contributed by atoms with Crippen molar-refractivity contribution < 1.29 is 23.0 Å². The summed E-state index contributed by atoms with van der Waals surface area (Å²) in [5.41, 5.74) is 1.56. The molecule has 0 bridgehead atoms. The molecule has 1 unspecified atom stereocenters. The van der Waals surface area contributed by atoms with E-state index in [1.54, 1.807) is 0 Å². The molecule has 2 heterocycles. The molecule has 1 aliphatic rings. The van der Waals surface area contributed by atoms with Gasteiger partial charge in [-0.3, -0.25) is 4.79 Å². The smallest absolute Gasteiger partial charge is 0.240 e. The Labute approximate surface area is 166 Å². The molecular weight excluding hydrogens is 380 g/mol. The summed E-state index contributed by atoms with van der Waals surface area (Å²) in [4.78, 5) is 16.7. The highest BCUT2D eigenvalue weighted by molar-refractivity contribution is 5.81. The Hall–Kier alpha value is -3.16. The van der Waals surface area contributed by atoms with E-state index in [2.05, 4.69) is 10.3 Å². The minimum atomic E-state index is -0.976. The lowest BCUT2D eigenvalue weighted by Crippen LogP contribution is -2.34. The third-order valence-corrected chi connectivity index (χ3v) is 4.89. The lowest BCUT2D eigenvalue weighted by Gasteiger charge is -2.25. The summed E-state index contributed by atoms with van der Waals surface area (Å²) in [5, 5.41) is 3.02. The molecule has 1 aliphatic heterocycles. The molecule has 6 nitrogen and oxygen atoms in total. The van der Waals surface area contributed by atoms with Crippen LogP contribution in [0.4, 0.5) is 8.78 Å². The largest absolute Gasteiger partial charge is 0.486 e. The molecule has 0 spiro atoms. The van der Waals surface area contributed by atoms with Gasteiger partial charge in [0, 0.05) is 12.1 Å². The number of hydrogen-bond acceptors (Lipinski definition) is 4. The Morgan fingerprint density at radius 1 is 1.14 bits per heavy atom. The molecule has 0 radical (unpaired) electrons. The van der Waals surface area contributed by atoms with E-state index in [0.29, 0.717) is 35.7 Å². The molecule has 0 saturated heterocycles. The van der Waals surface area contributed by atoms with Crippen LogP contribution in [-0.2, 0) is 11.3 Å². The Kier molecular flexibility index (Phi) is 5.08. The fourth-order valence-electron chi connectivity index (χ4n) is 3.44. The molecule has 152 valence electrons. The van der Waals surface area contributed by atoms with Crippen LogP contribution in [-0.4, -0.2) is 28.7 Å². The van der Waals surface area contributed by atoms with E-state index < -0.39 is 11.6 Å². The van der Waals surface area contributed by atoms with Crippen molar-refractivity contribution in [2.24, 2.45) is 5.92 Å². The number of carbonyl (C=O) groups excluding carboxylic acids is 1. The second-order valence-electron chi connectivity index (χ2n) is 7.32. The molecule has 1 N–H and O–H groups in total. The van der Waals surface area contributed by atoms with E-state index in [4.69, 9.17) is 9.47 Å². The highest BCUT2D eigenvalue weighted by Crippen LogP contribution is 2.34. The SMILES string of the molecule is CC(C)C(NC(=O)Cn1cnc2cc(F)c(F)cc21)c1ccc2c(c1)OCCO2. The van der Waals surface area contributed by atoms with Crippen LogP contribution in [0.5, 0.6) is 11.5 Å². The molecule has 1 amide bonds. The summed E-state index contributed by atoms with van der Waals surface area (Å²) in [6, 6.07) is 7.44. The highest BCUT2D eigenvalue weighted by atomic mass is 19.2. The Morgan fingerprint density at radius 3 is 2.62 bits per heavy atom. The van der Waals surface area contributed by atoms with Gasteiger partial charge in [0.05, 0.1) is 23.4 Å². The van der Waals surface area contributed by atoms with Crippen molar-refractivity contribution in [3.8, 4) is 11.5 Å². The summed E-state index contributed by atoms with van der Waals surface area (Å²) in [6.45, 7) is 4.95. The first-order valence-corrected chi connectivity index (χ1v) is 9.41. The summed E-state index contributed by atoms with van der Waals surface area (Å²) in [6.07, 6.45) is 1.40. The molecule has 29 heavy (non-hydrogen) atoms. The van der Waals surface area contributed by atoms with Gasteiger partial charge in [0.1, 0.15) is 19.8 Å². The van der Waals surface area contributed by atoms with E-state index >= 15 is 0 Å². The number of carbonyl (C=O) groups is 1. The number of hydrogen-bond donors (Lipinski definition) is 1. The first-order chi connectivity index (χ1) is 13.9. The van der Waals surface area contributed by atoms with Gasteiger partial charge < -0.3 is 19.4 Å². The van der Waals surface area contributed by atoms with Crippen LogP contribution in [0.1, 0.15) is 25.5 Å². The Morgan fingerprint density at radius 2 is 1.86 bits per heavy atom. The van der Waals surface area contributed by atoms with Gasteiger partial charge >= 0.3 is 0 Å². The Bertz CT molecular complexity index is 1060. The normalized spacial score (nSPS) is 14.2. The van der Waals surface area contributed by atoms with Crippen LogP contribution in [0.25, 0.3) is 11.0 Å². The van der Waals surface area contributed by atoms with Crippen LogP contribution >= 0.6 is 0 Å². The number of imidazole rings is 1. The van der Waals surface area contributed by atoms with Crippen LogP contribution in [0.3, 0.4) is 0 Å². The molecule has 1 atom stereocenters. The van der Waals surface area contributed by atoms with Crippen LogP contribution in [0.2, 0.25) is 0 Å². The van der Waals surface area contributed by atoms with E-state index in [9.17, 15) is 13.6 Å². The van der Waals surface area contributed by atoms with Gasteiger partial charge in [0.25, 0.3) is 0 Å². The van der Waals surface area contributed by atoms with Gasteiger partial charge in [-0.15, -0.1) is 0 Å². The third kappa shape index (κ3) is 3.87. The molecule has 1 aromatic heterocycles. The number of benzene rings is 2. The lowest BCUT2D eigenvalue weighted by atomic mass is 9.95. The first-order valence-electron chi connectivity index (χ1n) is 9.41. The zero-order valence-corrected chi connectivity index (χ0v) is 16.1. The van der Waals surface area contributed by atoms with Gasteiger partial charge in [-0.2, -0.15) is 0 Å². The van der Waals surface area contributed by atoms with Gasteiger partial charge in [0.2, 0.25) is 5.91 Å². The second-order valence-corrected chi connectivity index (χ2v) is 7.32. The summed E-state index contributed by atoms with van der Waals surface area (Å²) < 4.78 is 39.6. The van der Waals surface area contributed by atoms with Crippen molar-refractivity contribution in [2.45, 2.75) is 26.4 Å². The average Bonchev–Trinajstić information content (AvgIpc) is 3.07. The van der Waals surface area contributed by atoms with Gasteiger partial charge in [-0.1, -0.05) is 19.9 Å². The third-order valence-electron chi connectivity index (χ3n) is 4.89. The average molecular weight is 401 g/mol.